The fourth-order valence-corrected chi connectivity index (χ4v) is 2.24. The van der Waals surface area contributed by atoms with Gasteiger partial charge in [0.15, 0.2) is 5.78 Å². The topological polar surface area (TPSA) is 58.4 Å². The molecule has 98 valence electrons. The van der Waals surface area contributed by atoms with Crippen LogP contribution in [0.2, 0.25) is 0 Å². The van der Waals surface area contributed by atoms with Crippen LogP contribution in [-0.4, -0.2) is 43.4 Å². The van der Waals surface area contributed by atoms with E-state index in [2.05, 4.69) is 10.2 Å². The van der Waals surface area contributed by atoms with Crippen molar-refractivity contribution in [2.24, 2.45) is 0 Å². The molecule has 1 aromatic rings. The van der Waals surface area contributed by atoms with Crippen molar-refractivity contribution in [3.05, 3.63) is 29.8 Å². The van der Waals surface area contributed by atoms with E-state index >= 15 is 0 Å². The van der Waals surface area contributed by atoms with Gasteiger partial charge in [0.2, 0.25) is 0 Å². The third kappa shape index (κ3) is 3.82. The highest BCUT2D eigenvalue weighted by atomic mass is 16.1. The van der Waals surface area contributed by atoms with Gasteiger partial charge >= 0.3 is 0 Å². The lowest BCUT2D eigenvalue weighted by molar-refractivity contribution is 0.0965. The summed E-state index contributed by atoms with van der Waals surface area (Å²) in [5.41, 5.74) is 7.06. The van der Waals surface area contributed by atoms with Gasteiger partial charge in [0.25, 0.3) is 0 Å². The second-order valence-corrected chi connectivity index (χ2v) is 4.74. The zero-order chi connectivity index (χ0) is 12.8. The Balaban J connectivity index is 1.84. The summed E-state index contributed by atoms with van der Waals surface area (Å²) in [5, 5.41) is 3.36. The summed E-state index contributed by atoms with van der Waals surface area (Å²) in [6, 6.07) is 7.23. The van der Waals surface area contributed by atoms with Gasteiger partial charge in [-0.2, -0.15) is 0 Å². The van der Waals surface area contributed by atoms with Crippen LogP contribution in [0, 0.1) is 0 Å². The summed E-state index contributed by atoms with van der Waals surface area (Å²) in [6.45, 7) is 5.06. The van der Waals surface area contributed by atoms with Crippen molar-refractivity contribution in [1.29, 1.82) is 0 Å². The summed E-state index contributed by atoms with van der Waals surface area (Å²) in [7, 11) is 0. The number of anilines is 1. The van der Waals surface area contributed by atoms with Crippen molar-refractivity contribution in [2.45, 2.75) is 12.8 Å². The molecule has 1 aromatic carbocycles. The molecule has 4 nitrogen and oxygen atoms in total. The zero-order valence-corrected chi connectivity index (χ0v) is 10.7. The molecule has 1 heterocycles. The van der Waals surface area contributed by atoms with Crippen molar-refractivity contribution in [3.63, 3.8) is 0 Å². The van der Waals surface area contributed by atoms with Crippen molar-refractivity contribution >= 4 is 11.5 Å². The van der Waals surface area contributed by atoms with Gasteiger partial charge in [-0.25, -0.2) is 0 Å². The molecule has 2 rings (SSSR count). The molecule has 0 atom stereocenters. The highest BCUT2D eigenvalue weighted by Crippen LogP contribution is 2.09. The molecule has 4 heteroatoms. The van der Waals surface area contributed by atoms with Crippen molar-refractivity contribution in [1.82, 2.24) is 10.2 Å². The molecule has 0 saturated carbocycles. The molecule has 0 aliphatic carbocycles. The lowest BCUT2D eigenvalue weighted by atomic mass is 10.1. The van der Waals surface area contributed by atoms with Crippen LogP contribution in [-0.2, 0) is 0 Å². The number of nitrogens with zero attached hydrogens (tertiary/aromatic N) is 1. The van der Waals surface area contributed by atoms with Gasteiger partial charge in [-0.1, -0.05) is 12.1 Å². The third-order valence-corrected chi connectivity index (χ3v) is 3.30. The number of carbonyl (C=O) groups excluding carboxylic acids is 1. The Bertz CT molecular complexity index is 398. The van der Waals surface area contributed by atoms with Gasteiger partial charge < -0.3 is 16.0 Å². The maximum absolute atomic E-state index is 12.0. The molecule has 0 bridgehead atoms. The van der Waals surface area contributed by atoms with Gasteiger partial charge in [-0.15, -0.1) is 0 Å². The number of nitrogens with one attached hydrogen (secondary N) is 1. The fraction of sp³-hybridized carbons (Fsp3) is 0.500. The summed E-state index contributed by atoms with van der Waals surface area (Å²) < 4.78 is 0. The Kier molecular flexibility index (Phi) is 4.73. The number of carbonyl (C=O) groups is 1. The summed E-state index contributed by atoms with van der Waals surface area (Å²) >= 11 is 0. The molecule has 1 aliphatic rings. The van der Waals surface area contributed by atoms with Crippen LogP contribution >= 0.6 is 0 Å². The van der Waals surface area contributed by atoms with E-state index in [4.69, 9.17) is 5.73 Å². The largest absolute Gasteiger partial charge is 0.399 e. The molecule has 3 N–H and O–H groups in total. The van der Waals surface area contributed by atoms with Crippen LogP contribution in [0.5, 0.6) is 0 Å². The Labute approximate surface area is 108 Å². The lowest BCUT2D eigenvalue weighted by Gasteiger charge is -2.18. The van der Waals surface area contributed by atoms with Crippen LogP contribution in [0.25, 0.3) is 0 Å². The maximum atomic E-state index is 12.0. The molecule has 0 unspecified atom stereocenters. The molecule has 1 saturated heterocycles. The number of nitrogen functional groups attached to an aromatic ring is 1. The van der Waals surface area contributed by atoms with E-state index in [1.54, 1.807) is 12.1 Å². The van der Waals surface area contributed by atoms with E-state index in [-0.39, 0.29) is 5.78 Å². The quantitative estimate of drug-likeness (QED) is 0.619. The first-order valence-electron chi connectivity index (χ1n) is 6.57. The van der Waals surface area contributed by atoms with Gasteiger partial charge in [-0.3, -0.25) is 4.79 Å². The number of hydrogen-bond acceptors (Lipinski definition) is 4. The van der Waals surface area contributed by atoms with Crippen LogP contribution in [0.15, 0.2) is 24.3 Å². The Hall–Kier alpha value is -1.39. The van der Waals surface area contributed by atoms with E-state index in [0.717, 1.165) is 44.7 Å². The number of nitrogens with two attached hydrogens (primary N) is 1. The highest BCUT2D eigenvalue weighted by Gasteiger charge is 2.11. The first-order valence-corrected chi connectivity index (χ1v) is 6.57. The summed E-state index contributed by atoms with van der Waals surface area (Å²) in [6.07, 6.45) is 1.73. The molecule has 0 spiro atoms. The fourth-order valence-electron chi connectivity index (χ4n) is 2.24. The zero-order valence-electron chi connectivity index (χ0n) is 10.7. The first-order chi connectivity index (χ1) is 8.75. The van der Waals surface area contributed by atoms with E-state index < -0.39 is 0 Å². The molecule has 1 aliphatic heterocycles. The number of Topliss-reactive ketones (excluding diaryl/α,β-unsaturated/α-hetero) is 1. The second-order valence-electron chi connectivity index (χ2n) is 4.74. The number of hydrogen-bond donors (Lipinski definition) is 2. The van der Waals surface area contributed by atoms with Gasteiger partial charge in [-0.05, 0) is 31.6 Å². The Morgan fingerprint density at radius 1 is 1.33 bits per heavy atom. The average Bonchev–Trinajstić information content (AvgIpc) is 2.64. The summed E-state index contributed by atoms with van der Waals surface area (Å²) in [5.74, 6) is 0.180. The van der Waals surface area contributed by atoms with Gasteiger partial charge in [0, 0.05) is 37.3 Å². The van der Waals surface area contributed by atoms with Crippen LogP contribution < -0.4 is 11.1 Å². The van der Waals surface area contributed by atoms with Crippen LogP contribution in [0.3, 0.4) is 0 Å². The van der Waals surface area contributed by atoms with E-state index in [1.807, 2.05) is 12.1 Å². The minimum atomic E-state index is 0.180. The smallest absolute Gasteiger partial charge is 0.164 e. The van der Waals surface area contributed by atoms with E-state index in [0.29, 0.717) is 12.1 Å². The molecular weight excluding hydrogens is 226 g/mol. The lowest BCUT2D eigenvalue weighted by Crippen LogP contribution is -2.30. The molecule has 0 aromatic heterocycles. The molecule has 1 fully saturated rings. The third-order valence-electron chi connectivity index (χ3n) is 3.30. The highest BCUT2D eigenvalue weighted by molar-refractivity contribution is 5.96. The normalized spacial score (nSPS) is 17.3. The minimum absolute atomic E-state index is 0.180. The summed E-state index contributed by atoms with van der Waals surface area (Å²) in [4.78, 5) is 14.4. The Morgan fingerprint density at radius 3 is 3.06 bits per heavy atom. The van der Waals surface area contributed by atoms with Gasteiger partial charge in [0.1, 0.15) is 0 Å². The van der Waals surface area contributed by atoms with Crippen LogP contribution in [0.4, 0.5) is 5.69 Å². The van der Waals surface area contributed by atoms with Crippen LogP contribution in [0.1, 0.15) is 23.2 Å². The Morgan fingerprint density at radius 2 is 2.22 bits per heavy atom. The first kappa shape index (κ1) is 13.1. The number of rotatable bonds is 4. The van der Waals surface area contributed by atoms with E-state index in [1.165, 1.54) is 0 Å². The van der Waals surface area contributed by atoms with Gasteiger partial charge in [0.05, 0.1) is 0 Å². The molecule has 0 radical (unpaired) electrons. The standard InChI is InChI=1S/C14H21N3O/c15-13-4-1-3-12(11-13)14(18)5-9-17-8-2-6-16-7-10-17/h1,3-4,11,16H,2,5-10,15H2. The predicted octanol–water partition coefficient (Wildman–Crippen LogP) is 1.14. The monoisotopic (exact) mass is 247 g/mol. The molecule has 18 heavy (non-hydrogen) atoms. The minimum Gasteiger partial charge on any atom is -0.399 e. The second kappa shape index (κ2) is 6.52. The number of benzene rings is 1. The van der Waals surface area contributed by atoms with Crippen molar-refractivity contribution in [2.75, 3.05) is 38.5 Å². The molecule has 0 amide bonds. The van der Waals surface area contributed by atoms with Crippen molar-refractivity contribution < 1.29 is 4.79 Å². The predicted molar refractivity (Wildman–Crippen MR) is 73.7 cm³/mol. The molecular formula is C14H21N3O. The SMILES string of the molecule is Nc1cccc(C(=O)CCN2CCCNCC2)c1. The van der Waals surface area contributed by atoms with Crippen molar-refractivity contribution in [3.8, 4) is 0 Å². The average molecular weight is 247 g/mol. The number of ketones is 1. The van der Waals surface area contributed by atoms with E-state index in [9.17, 15) is 4.79 Å². The maximum Gasteiger partial charge on any atom is 0.164 e.